The zero-order chi connectivity index (χ0) is 13.3. The number of aromatic nitrogens is 2. The van der Waals surface area contributed by atoms with Crippen LogP contribution in [0, 0.1) is 0 Å². The second-order valence-corrected chi connectivity index (χ2v) is 5.09. The number of rotatable bonds is 8. The Hall–Kier alpha value is -1.30. The molecule has 1 N–H and O–H groups in total. The molecule has 0 aliphatic rings. The average molecular weight is 277 g/mol. The Morgan fingerprint density at radius 1 is 1.32 bits per heavy atom. The molecule has 0 spiro atoms. The van der Waals surface area contributed by atoms with Gasteiger partial charge in [-0.05, 0) is 31.5 Å². The van der Waals surface area contributed by atoms with Crippen LogP contribution in [0.4, 0.5) is 0 Å². The average Bonchev–Trinajstić information content (AvgIpc) is 2.92. The van der Waals surface area contributed by atoms with Gasteiger partial charge >= 0.3 is 0 Å². The molecule has 0 atom stereocenters. The minimum Gasteiger partial charge on any atom is -0.385 e. The van der Waals surface area contributed by atoms with Gasteiger partial charge in [-0.15, -0.1) is 11.3 Å². The van der Waals surface area contributed by atoms with E-state index < -0.39 is 0 Å². The summed E-state index contributed by atoms with van der Waals surface area (Å²) in [7, 11) is 1.74. The predicted molar refractivity (Wildman–Crippen MR) is 78.2 cm³/mol. The molecule has 4 nitrogen and oxygen atoms in total. The SMILES string of the molecule is COCCCCNCc1csc(-c2ccccn2)n1. The van der Waals surface area contributed by atoms with Crippen LogP contribution in [0.2, 0.25) is 0 Å². The summed E-state index contributed by atoms with van der Waals surface area (Å²) in [4.78, 5) is 8.89. The van der Waals surface area contributed by atoms with Crippen molar-refractivity contribution in [1.29, 1.82) is 0 Å². The minimum absolute atomic E-state index is 0.816. The van der Waals surface area contributed by atoms with E-state index in [2.05, 4.69) is 20.7 Å². The van der Waals surface area contributed by atoms with Crippen LogP contribution >= 0.6 is 11.3 Å². The lowest BCUT2D eigenvalue weighted by atomic mass is 10.3. The van der Waals surface area contributed by atoms with Crippen molar-refractivity contribution in [3.8, 4) is 10.7 Å². The molecule has 2 aromatic rings. The van der Waals surface area contributed by atoms with Gasteiger partial charge in [0.1, 0.15) is 5.01 Å². The summed E-state index contributed by atoms with van der Waals surface area (Å²) in [5.41, 5.74) is 2.02. The lowest BCUT2D eigenvalue weighted by molar-refractivity contribution is 0.192. The molecule has 2 heterocycles. The summed E-state index contributed by atoms with van der Waals surface area (Å²) in [5.74, 6) is 0. The fraction of sp³-hybridized carbons (Fsp3) is 0.429. The van der Waals surface area contributed by atoms with Crippen molar-refractivity contribution in [3.05, 3.63) is 35.5 Å². The van der Waals surface area contributed by atoms with E-state index in [1.54, 1.807) is 24.6 Å². The first-order valence-electron chi connectivity index (χ1n) is 6.45. The number of ether oxygens (including phenoxy) is 1. The lowest BCUT2D eigenvalue weighted by Gasteiger charge is -2.02. The smallest absolute Gasteiger partial charge is 0.142 e. The van der Waals surface area contributed by atoms with Crippen LogP contribution < -0.4 is 5.32 Å². The Kier molecular flexibility index (Phi) is 5.94. The van der Waals surface area contributed by atoms with E-state index in [0.29, 0.717) is 0 Å². The van der Waals surface area contributed by atoms with Gasteiger partial charge in [0.05, 0.1) is 11.4 Å². The third kappa shape index (κ3) is 4.70. The van der Waals surface area contributed by atoms with E-state index in [4.69, 9.17) is 4.74 Å². The molecule has 2 rings (SSSR count). The van der Waals surface area contributed by atoms with E-state index in [0.717, 1.165) is 48.9 Å². The zero-order valence-electron chi connectivity index (χ0n) is 11.1. The number of thiazole rings is 1. The molecule has 2 aromatic heterocycles. The van der Waals surface area contributed by atoms with Gasteiger partial charge < -0.3 is 10.1 Å². The van der Waals surface area contributed by atoms with Crippen LogP contribution in [0.15, 0.2) is 29.8 Å². The number of hydrogen-bond donors (Lipinski definition) is 1. The highest BCUT2D eigenvalue weighted by atomic mass is 32.1. The summed E-state index contributed by atoms with van der Waals surface area (Å²) in [5, 5.41) is 6.47. The molecule has 0 amide bonds. The van der Waals surface area contributed by atoms with E-state index in [9.17, 15) is 0 Å². The second kappa shape index (κ2) is 7.99. The van der Waals surface area contributed by atoms with Crippen LogP contribution in [0.25, 0.3) is 10.7 Å². The molecule has 0 saturated heterocycles. The molecule has 0 aliphatic heterocycles. The van der Waals surface area contributed by atoms with Gasteiger partial charge in [-0.25, -0.2) is 4.98 Å². The first-order valence-corrected chi connectivity index (χ1v) is 7.33. The normalized spacial score (nSPS) is 10.8. The van der Waals surface area contributed by atoms with Gasteiger partial charge in [0.2, 0.25) is 0 Å². The standard InChI is InChI=1S/C14H19N3OS/c1-18-9-5-4-7-15-10-12-11-19-14(17-12)13-6-2-3-8-16-13/h2-3,6,8,11,15H,4-5,7,9-10H2,1H3. The van der Waals surface area contributed by atoms with Gasteiger partial charge in [-0.3, -0.25) is 4.98 Å². The van der Waals surface area contributed by atoms with Gasteiger partial charge in [0.15, 0.2) is 0 Å². The van der Waals surface area contributed by atoms with Gasteiger partial charge in [-0.2, -0.15) is 0 Å². The first-order chi connectivity index (χ1) is 9.40. The number of nitrogens with zero attached hydrogens (tertiary/aromatic N) is 2. The molecular formula is C14H19N3OS. The maximum absolute atomic E-state index is 5.01. The molecule has 19 heavy (non-hydrogen) atoms. The highest BCUT2D eigenvalue weighted by Gasteiger charge is 2.04. The van der Waals surface area contributed by atoms with E-state index in [1.165, 1.54) is 0 Å². The Balaban J connectivity index is 1.75. The minimum atomic E-state index is 0.816. The van der Waals surface area contributed by atoms with E-state index in [-0.39, 0.29) is 0 Å². The lowest BCUT2D eigenvalue weighted by Crippen LogP contribution is -2.15. The maximum Gasteiger partial charge on any atom is 0.142 e. The molecule has 0 fully saturated rings. The summed E-state index contributed by atoms with van der Waals surface area (Å²) in [6.45, 7) is 2.65. The van der Waals surface area contributed by atoms with Crippen molar-refractivity contribution in [2.75, 3.05) is 20.3 Å². The zero-order valence-corrected chi connectivity index (χ0v) is 11.9. The van der Waals surface area contributed by atoms with Crippen LogP contribution in [-0.2, 0) is 11.3 Å². The van der Waals surface area contributed by atoms with Crippen molar-refractivity contribution in [2.45, 2.75) is 19.4 Å². The number of methoxy groups -OCH3 is 1. The summed E-state index contributed by atoms with van der Waals surface area (Å²) >= 11 is 1.64. The number of nitrogens with one attached hydrogen (secondary N) is 1. The molecule has 0 saturated carbocycles. The monoisotopic (exact) mass is 277 g/mol. The van der Waals surface area contributed by atoms with Gasteiger partial charge in [0.25, 0.3) is 0 Å². The van der Waals surface area contributed by atoms with Crippen LogP contribution in [0.1, 0.15) is 18.5 Å². The van der Waals surface area contributed by atoms with Crippen molar-refractivity contribution in [2.24, 2.45) is 0 Å². The van der Waals surface area contributed by atoms with Crippen molar-refractivity contribution in [1.82, 2.24) is 15.3 Å². The van der Waals surface area contributed by atoms with Crippen molar-refractivity contribution >= 4 is 11.3 Å². The third-order valence-corrected chi connectivity index (χ3v) is 3.61. The van der Waals surface area contributed by atoms with E-state index >= 15 is 0 Å². The fourth-order valence-electron chi connectivity index (χ4n) is 1.71. The van der Waals surface area contributed by atoms with Crippen LogP contribution in [0.3, 0.4) is 0 Å². The number of pyridine rings is 1. The summed E-state index contributed by atoms with van der Waals surface area (Å²) in [6.07, 6.45) is 4.02. The number of hydrogen-bond acceptors (Lipinski definition) is 5. The van der Waals surface area contributed by atoms with Crippen molar-refractivity contribution in [3.63, 3.8) is 0 Å². The summed E-state index contributed by atoms with van der Waals surface area (Å²) < 4.78 is 5.01. The molecule has 0 aromatic carbocycles. The predicted octanol–water partition coefficient (Wildman–Crippen LogP) is 2.72. The second-order valence-electron chi connectivity index (χ2n) is 4.24. The molecule has 0 unspecified atom stereocenters. The Labute approximate surface area is 117 Å². The molecule has 5 heteroatoms. The topological polar surface area (TPSA) is 47.0 Å². The Morgan fingerprint density at radius 3 is 3.05 bits per heavy atom. The first kappa shape index (κ1) is 14.1. The largest absolute Gasteiger partial charge is 0.385 e. The molecular weight excluding hydrogens is 258 g/mol. The highest BCUT2D eigenvalue weighted by molar-refractivity contribution is 7.13. The van der Waals surface area contributed by atoms with Gasteiger partial charge in [-0.1, -0.05) is 6.07 Å². The van der Waals surface area contributed by atoms with Crippen LogP contribution in [-0.4, -0.2) is 30.2 Å². The third-order valence-electron chi connectivity index (χ3n) is 2.69. The Morgan fingerprint density at radius 2 is 2.26 bits per heavy atom. The maximum atomic E-state index is 5.01. The quantitative estimate of drug-likeness (QED) is 0.754. The molecule has 0 radical (unpaired) electrons. The Bertz CT molecular complexity index is 473. The molecule has 102 valence electrons. The highest BCUT2D eigenvalue weighted by Crippen LogP contribution is 2.21. The van der Waals surface area contributed by atoms with Crippen molar-refractivity contribution < 1.29 is 4.74 Å². The van der Waals surface area contributed by atoms with E-state index in [1.807, 2.05) is 18.2 Å². The molecule has 0 aliphatic carbocycles. The summed E-state index contributed by atoms with van der Waals surface area (Å²) in [6, 6.07) is 5.89. The fourth-order valence-corrected chi connectivity index (χ4v) is 2.50. The van der Waals surface area contributed by atoms with Crippen LogP contribution in [0.5, 0.6) is 0 Å². The number of unbranched alkanes of at least 4 members (excludes halogenated alkanes) is 1. The molecule has 0 bridgehead atoms. The van der Waals surface area contributed by atoms with Gasteiger partial charge in [0, 0.05) is 31.8 Å².